The molecule has 1 heterocycles. The van der Waals surface area contributed by atoms with E-state index >= 15 is 0 Å². The summed E-state index contributed by atoms with van der Waals surface area (Å²) in [6.07, 6.45) is 0. The first-order valence-corrected chi connectivity index (χ1v) is 6.56. The molecule has 5 nitrogen and oxygen atoms in total. The van der Waals surface area contributed by atoms with Gasteiger partial charge >= 0.3 is 0 Å². The molecule has 108 valence electrons. The number of nitrogens with two attached hydrogens (primary N) is 1. The molecule has 0 radical (unpaired) electrons. The van der Waals surface area contributed by atoms with Crippen LogP contribution in [0.15, 0.2) is 40.8 Å². The normalized spacial score (nSPS) is 12.3. The number of ether oxygens (including phenoxy) is 2. The van der Waals surface area contributed by atoms with Crippen LogP contribution in [0.4, 0.5) is 0 Å². The van der Waals surface area contributed by atoms with E-state index < -0.39 is 0 Å². The summed E-state index contributed by atoms with van der Waals surface area (Å²) in [5, 5.41) is 0.318. The van der Waals surface area contributed by atoms with Crippen LogP contribution in [0.25, 0.3) is 0 Å². The van der Waals surface area contributed by atoms with Crippen LogP contribution in [-0.4, -0.2) is 20.3 Å². The zero-order valence-corrected chi connectivity index (χ0v) is 11.9. The van der Waals surface area contributed by atoms with Crippen molar-refractivity contribution in [2.45, 2.75) is 6.04 Å². The van der Waals surface area contributed by atoms with Crippen molar-refractivity contribution in [3.63, 3.8) is 0 Å². The lowest BCUT2D eigenvalue weighted by Gasteiger charge is -2.18. The summed E-state index contributed by atoms with van der Waals surface area (Å²) in [5.74, 6) is 6.98. The molecule has 3 N–H and O–H groups in total. The van der Waals surface area contributed by atoms with Gasteiger partial charge < -0.3 is 13.9 Å². The van der Waals surface area contributed by atoms with Crippen LogP contribution in [0.1, 0.15) is 17.4 Å². The average molecular weight is 297 g/mol. The van der Waals surface area contributed by atoms with Gasteiger partial charge in [0.15, 0.2) is 5.22 Å². The third kappa shape index (κ3) is 3.52. The fourth-order valence-corrected chi connectivity index (χ4v) is 2.05. The summed E-state index contributed by atoms with van der Waals surface area (Å²) < 4.78 is 16.1. The maximum Gasteiger partial charge on any atom is 0.193 e. The lowest BCUT2D eigenvalue weighted by molar-refractivity contribution is 0.145. The van der Waals surface area contributed by atoms with Crippen LogP contribution in [0.2, 0.25) is 5.22 Å². The molecule has 0 aliphatic carbocycles. The van der Waals surface area contributed by atoms with E-state index in [0.29, 0.717) is 24.2 Å². The molecule has 1 aromatic heterocycles. The standard InChI is InChI=1S/C14H17ClN2O3/c1-18-8-9-19-11-5-3-2-4-10(11)14(17-16)12-6-7-13(15)20-12/h2-7,14,17H,8-9,16H2,1H3. The highest BCUT2D eigenvalue weighted by Gasteiger charge is 2.20. The minimum atomic E-state index is -0.332. The minimum Gasteiger partial charge on any atom is -0.491 e. The second-order valence-electron chi connectivity index (χ2n) is 4.12. The largest absolute Gasteiger partial charge is 0.491 e. The number of hydrogen-bond donors (Lipinski definition) is 2. The Bertz CT molecular complexity index is 545. The fraction of sp³-hybridized carbons (Fsp3) is 0.286. The van der Waals surface area contributed by atoms with E-state index in [1.54, 1.807) is 19.2 Å². The molecule has 20 heavy (non-hydrogen) atoms. The van der Waals surface area contributed by atoms with Crippen LogP contribution in [0, 0.1) is 0 Å². The van der Waals surface area contributed by atoms with Gasteiger partial charge in [-0.05, 0) is 29.8 Å². The number of hydrogen-bond acceptors (Lipinski definition) is 5. The predicted octanol–water partition coefficient (Wildman–Crippen LogP) is 2.51. The lowest BCUT2D eigenvalue weighted by Crippen LogP contribution is -2.29. The van der Waals surface area contributed by atoms with Crippen molar-refractivity contribution in [2.24, 2.45) is 5.84 Å². The first-order valence-electron chi connectivity index (χ1n) is 6.18. The zero-order chi connectivity index (χ0) is 14.4. The van der Waals surface area contributed by atoms with Gasteiger partial charge in [0.2, 0.25) is 0 Å². The summed E-state index contributed by atoms with van der Waals surface area (Å²) in [6.45, 7) is 0.978. The summed E-state index contributed by atoms with van der Waals surface area (Å²) in [5.41, 5.74) is 3.59. The van der Waals surface area contributed by atoms with E-state index in [1.165, 1.54) is 0 Å². The highest BCUT2D eigenvalue weighted by atomic mass is 35.5. The van der Waals surface area contributed by atoms with E-state index in [9.17, 15) is 0 Å². The minimum absolute atomic E-state index is 0.318. The van der Waals surface area contributed by atoms with E-state index in [1.807, 2.05) is 24.3 Å². The van der Waals surface area contributed by atoms with E-state index in [4.69, 9.17) is 31.3 Å². The molecule has 0 fully saturated rings. The van der Waals surface area contributed by atoms with Crippen molar-refractivity contribution in [2.75, 3.05) is 20.3 Å². The molecule has 0 spiro atoms. The molecule has 1 atom stereocenters. The van der Waals surface area contributed by atoms with Gasteiger partial charge in [-0.3, -0.25) is 5.84 Å². The molecular formula is C14H17ClN2O3. The van der Waals surface area contributed by atoms with Crippen molar-refractivity contribution < 1.29 is 13.9 Å². The Hall–Kier alpha value is -1.53. The average Bonchev–Trinajstić information content (AvgIpc) is 2.88. The summed E-state index contributed by atoms with van der Waals surface area (Å²) in [6, 6.07) is 10.7. The molecule has 2 aromatic rings. The number of furan rings is 1. The van der Waals surface area contributed by atoms with Gasteiger partial charge in [-0.15, -0.1) is 0 Å². The Morgan fingerprint density at radius 1 is 1.25 bits per heavy atom. The number of rotatable bonds is 7. The summed E-state index contributed by atoms with van der Waals surface area (Å²) >= 11 is 5.81. The van der Waals surface area contributed by atoms with Gasteiger partial charge in [-0.25, -0.2) is 5.43 Å². The Kier molecular flexibility index (Phi) is 5.43. The molecular weight excluding hydrogens is 280 g/mol. The number of benzene rings is 1. The van der Waals surface area contributed by atoms with E-state index in [0.717, 1.165) is 11.3 Å². The van der Waals surface area contributed by atoms with Gasteiger partial charge in [0.05, 0.1) is 6.61 Å². The zero-order valence-electron chi connectivity index (χ0n) is 11.1. The van der Waals surface area contributed by atoms with Crippen LogP contribution in [0.5, 0.6) is 5.75 Å². The highest BCUT2D eigenvalue weighted by Crippen LogP contribution is 2.31. The Labute approximate surface area is 122 Å². The second-order valence-corrected chi connectivity index (χ2v) is 4.49. The molecule has 0 amide bonds. The molecule has 1 unspecified atom stereocenters. The molecule has 0 aliphatic rings. The van der Waals surface area contributed by atoms with E-state index in [-0.39, 0.29) is 6.04 Å². The fourth-order valence-electron chi connectivity index (χ4n) is 1.89. The molecule has 0 bridgehead atoms. The van der Waals surface area contributed by atoms with Gasteiger partial charge in [0.25, 0.3) is 0 Å². The molecule has 1 aromatic carbocycles. The van der Waals surface area contributed by atoms with Crippen LogP contribution < -0.4 is 16.0 Å². The predicted molar refractivity (Wildman–Crippen MR) is 76.7 cm³/mol. The first kappa shape index (κ1) is 14.9. The topological polar surface area (TPSA) is 69.7 Å². The first-order chi connectivity index (χ1) is 9.76. The smallest absolute Gasteiger partial charge is 0.193 e. The molecule has 2 rings (SSSR count). The van der Waals surface area contributed by atoms with Crippen molar-refractivity contribution in [1.29, 1.82) is 0 Å². The van der Waals surface area contributed by atoms with Crippen molar-refractivity contribution in [3.8, 4) is 5.75 Å². The molecule has 6 heteroatoms. The molecule has 0 aliphatic heterocycles. The highest BCUT2D eigenvalue weighted by molar-refractivity contribution is 6.28. The van der Waals surface area contributed by atoms with Gasteiger partial charge in [0, 0.05) is 12.7 Å². The van der Waals surface area contributed by atoms with Gasteiger partial charge in [0.1, 0.15) is 24.2 Å². The quantitative estimate of drug-likeness (QED) is 0.467. The van der Waals surface area contributed by atoms with Gasteiger partial charge in [-0.1, -0.05) is 18.2 Å². The number of nitrogens with one attached hydrogen (secondary N) is 1. The third-order valence-corrected chi connectivity index (χ3v) is 3.02. The van der Waals surface area contributed by atoms with E-state index in [2.05, 4.69) is 5.43 Å². The number of methoxy groups -OCH3 is 1. The SMILES string of the molecule is COCCOc1ccccc1C(NN)c1ccc(Cl)o1. The number of para-hydroxylation sites is 1. The Balaban J connectivity index is 2.25. The van der Waals surface area contributed by atoms with Crippen LogP contribution in [0.3, 0.4) is 0 Å². The summed E-state index contributed by atoms with van der Waals surface area (Å²) in [4.78, 5) is 0. The second kappa shape index (κ2) is 7.31. The molecule has 0 saturated carbocycles. The van der Waals surface area contributed by atoms with Crippen molar-refractivity contribution in [1.82, 2.24) is 5.43 Å². The van der Waals surface area contributed by atoms with Crippen molar-refractivity contribution in [3.05, 3.63) is 52.9 Å². The Morgan fingerprint density at radius 3 is 2.70 bits per heavy atom. The maximum atomic E-state index is 5.81. The van der Waals surface area contributed by atoms with Crippen LogP contribution in [-0.2, 0) is 4.74 Å². The number of halogens is 1. The Morgan fingerprint density at radius 2 is 2.05 bits per heavy atom. The maximum absolute atomic E-state index is 5.81. The third-order valence-electron chi connectivity index (χ3n) is 2.82. The van der Waals surface area contributed by atoms with Gasteiger partial charge in [-0.2, -0.15) is 0 Å². The monoisotopic (exact) mass is 296 g/mol. The number of hydrazine groups is 1. The lowest BCUT2D eigenvalue weighted by atomic mass is 10.0. The molecule has 0 saturated heterocycles. The van der Waals surface area contributed by atoms with Crippen LogP contribution >= 0.6 is 11.6 Å². The summed E-state index contributed by atoms with van der Waals surface area (Å²) in [7, 11) is 1.63. The van der Waals surface area contributed by atoms with Crippen molar-refractivity contribution >= 4 is 11.6 Å².